The van der Waals surface area contributed by atoms with Crippen LogP contribution >= 0.6 is 11.3 Å². The number of carbonyl (C=O) groups is 1. The van der Waals surface area contributed by atoms with Crippen LogP contribution < -0.4 is 10.1 Å². The van der Waals surface area contributed by atoms with Gasteiger partial charge < -0.3 is 14.8 Å². The number of alkyl halides is 3. The first-order valence-electron chi connectivity index (χ1n) is 7.99. The lowest BCUT2D eigenvalue weighted by Gasteiger charge is -2.26. The number of sulfonamides is 1. The topological polar surface area (TPSA) is 84.9 Å². The van der Waals surface area contributed by atoms with Gasteiger partial charge in [-0.3, -0.25) is 4.79 Å². The van der Waals surface area contributed by atoms with Gasteiger partial charge in [-0.05, 0) is 35.7 Å². The van der Waals surface area contributed by atoms with E-state index in [1.54, 1.807) is 0 Å². The Bertz CT molecular complexity index is 936. The first kappa shape index (κ1) is 20.6. The van der Waals surface area contributed by atoms with Crippen molar-refractivity contribution < 1.29 is 35.9 Å². The number of halogens is 3. The molecule has 1 N–H and O–H groups in total. The molecule has 0 radical (unpaired) electrons. The molecule has 2 aromatic rings. The first-order valence-corrected chi connectivity index (χ1v) is 10.3. The van der Waals surface area contributed by atoms with E-state index in [9.17, 15) is 26.4 Å². The quantitative estimate of drug-likeness (QED) is 0.779. The molecule has 1 amide bonds. The van der Waals surface area contributed by atoms with Crippen molar-refractivity contribution >= 4 is 33.0 Å². The molecular weight excluding hydrogens is 421 g/mol. The number of hydrogen-bond donors (Lipinski definition) is 1. The van der Waals surface area contributed by atoms with Crippen LogP contribution in [-0.4, -0.2) is 51.3 Å². The average molecular weight is 436 g/mol. The molecule has 0 saturated carbocycles. The maximum Gasteiger partial charge on any atom is 0.573 e. The highest BCUT2D eigenvalue weighted by molar-refractivity contribution is 7.89. The molecule has 7 nitrogen and oxygen atoms in total. The van der Waals surface area contributed by atoms with Crippen LogP contribution in [0, 0.1) is 0 Å². The lowest BCUT2D eigenvalue weighted by Crippen LogP contribution is -2.41. The SMILES string of the molecule is O=C(Nc1ccc(OC(F)(F)F)cc1)c1sccc1S(=O)(=O)N1CCOCC1. The van der Waals surface area contributed by atoms with Gasteiger partial charge in [-0.25, -0.2) is 8.42 Å². The van der Waals surface area contributed by atoms with E-state index in [0.29, 0.717) is 0 Å². The Kier molecular flexibility index (Phi) is 5.93. The summed E-state index contributed by atoms with van der Waals surface area (Å²) >= 11 is 0.956. The van der Waals surface area contributed by atoms with Gasteiger partial charge in [0.05, 0.1) is 13.2 Å². The van der Waals surface area contributed by atoms with E-state index in [4.69, 9.17) is 4.74 Å². The van der Waals surface area contributed by atoms with E-state index < -0.39 is 28.0 Å². The van der Waals surface area contributed by atoms with E-state index >= 15 is 0 Å². The zero-order valence-corrected chi connectivity index (χ0v) is 15.9. The Morgan fingerprint density at radius 2 is 1.79 bits per heavy atom. The number of benzene rings is 1. The Morgan fingerprint density at radius 1 is 1.14 bits per heavy atom. The van der Waals surface area contributed by atoms with Gasteiger partial charge in [0.2, 0.25) is 10.0 Å². The first-order chi connectivity index (χ1) is 13.2. The van der Waals surface area contributed by atoms with Gasteiger partial charge >= 0.3 is 6.36 Å². The zero-order chi connectivity index (χ0) is 20.4. The van der Waals surface area contributed by atoms with Gasteiger partial charge in [0.1, 0.15) is 15.5 Å². The third-order valence-corrected chi connectivity index (χ3v) is 6.75. The summed E-state index contributed by atoms with van der Waals surface area (Å²) in [6.45, 7) is 0.939. The van der Waals surface area contributed by atoms with Gasteiger partial charge in [-0.15, -0.1) is 24.5 Å². The second-order valence-electron chi connectivity index (χ2n) is 5.66. The smallest absolute Gasteiger partial charge is 0.406 e. The maximum atomic E-state index is 12.8. The van der Waals surface area contributed by atoms with Crippen molar-refractivity contribution in [2.75, 3.05) is 31.6 Å². The zero-order valence-electron chi connectivity index (χ0n) is 14.2. The van der Waals surface area contributed by atoms with E-state index in [-0.39, 0.29) is 41.8 Å². The van der Waals surface area contributed by atoms with Crippen LogP contribution in [0.2, 0.25) is 0 Å². The summed E-state index contributed by atoms with van der Waals surface area (Å²) in [5, 5.41) is 3.97. The number of amides is 1. The van der Waals surface area contributed by atoms with Crippen LogP contribution in [0.3, 0.4) is 0 Å². The molecule has 0 bridgehead atoms. The van der Waals surface area contributed by atoms with Crippen molar-refractivity contribution in [3.05, 3.63) is 40.6 Å². The number of carbonyl (C=O) groups excluding carboxylic acids is 1. The predicted molar refractivity (Wildman–Crippen MR) is 95.0 cm³/mol. The summed E-state index contributed by atoms with van der Waals surface area (Å²) < 4.78 is 72.3. The van der Waals surface area contributed by atoms with E-state index in [1.807, 2.05) is 0 Å². The predicted octanol–water partition coefficient (Wildman–Crippen LogP) is 2.92. The van der Waals surface area contributed by atoms with Crippen LogP contribution in [0.4, 0.5) is 18.9 Å². The number of ether oxygens (including phenoxy) is 2. The fourth-order valence-electron chi connectivity index (χ4n) is 2.52. The molecule has 1 aliphatic rings. The fourth-order valence-corrected chi connectivity index (χ4v) is 5.22. The molecule has 1 aromatic heterocycles. The monoisotopic (exact) mass is 436 g/mol. The van der Waals surface area contributed by atoms with Crippen molar-refractivity contribution in [3.63, 3.8) is 0 Å². The molecule has 0 unspecified atom stereocenters. The molecule has 12 heteroatoms. The number of thiophene rings is 1. The largest absolute Gasteiger partial charge is 0.573 e. The molecule has 2 heterocycles. The lowest BCUT2D eigenvalue weighted by atomic mass is 10.3. The molecular formula is C16H15F3N2O5S2. The van der Waals surface area contributed by atoms with E-state index in [2.05, 4.69) is 10.1 Å². The molecule has 1 fully saturated rings. The Balaban J connectivity index is 1.75. The van der Waals surface area contributed by atoms with Gasteiger partial charge in [-0.1, -0.05) is 0 Å². The number of anilines is 1. The highest BCUT2D eigenvalue weighted by Gasteiger charge is 2.32. The van der Waals surface area contributed by atoms with Gasteiger partial charge in [0.25, 0.3) is 5.91 Å². The highest BCUT2D eigenvalue weighted by atomic mass is 32.2. The fraction of sp³-hybridized carbons (Fsp3) is 0.312. The minimum atomic E-state index is -4.81. The summed E-state index contributed by atoms with van der Waals surface area (Å²) in [5.41, 5.74) is 0.197. The van der Waals surface area contributed by atoms with Gasteiger partial charge in [0, 0.05) is 18.8 Å². The van der Waals surface area contributed by atoms with Crippen molar-refractivity contribution in [2.45, 2.75) is 11.3 Å². The Hall–Kier alpha value is -2.15. The summed E-state index contributed by atoms with van der Waals surface area (Å²) in [4.78, 5) is 12.4. The maximum absolute atomic E-state index is 12.8. The lowest BCUT2D eigenvalue weighted by molar-refractivity contribution is -0.274. The highest BCUT2D eigenvalue weighted by Crippen LogP contribution is 2.28. The van der Waals surface area contributed by atoms with Crippen LogP contribution in [-0.2, 0) is 14.8 Å². The molecule has 28 heavy (non-hydrogen) atoms. The number of nitrogens with zero attached hydrogens (tertiary/aromatic N) is 1. The minimum absolute atomic E-state index is 0.0119. The molecule has 152 valence electrons. The second kappa shape index (κ2) is 8.07. The van der Waals surface area contributed by atoms with E-state index in [0.717, 1.165) is 23.5 Å². The molecule has 0 spiro atoms. The van der Waals surface area contributed by atoms with Gasteiger partial charge in [0.15, 0.2) is 0 Å². The summed E-state index contributed by atoms with van der Waals surface area (Å²) in [7, 11) is -3.86. The molecule has 1 aliphatic heterocycles. The average Bonchev–Trinajstić information content (AvgIpc) is 3.14. The van der Waals surface area contributed by atoms with Crippen molar-refractivity contribution in [3.8, 4) is 5.75 Å². The van der Waals surface area contributed by atoms with Crippen molar-refractivity contribution in [1.29, 1.82) is 0 Å². The molecule has 3 rings (SSSR count). The molecule has 1 aromatic carbocycles. The van der Waals surface area contributed by atoms with Crippen LogP contribution in [0.25, 0.3) is 0 Å². The van der Waals surface area contributed by atoms with Crippen molar-refractivity contribution in [1.82, 2.24) is 4.31 Å². The minimum Gasteiger partial charge on any atom is -0.406 e. The van der Waals surface area contributed by atoms with Crippen LogP contribution in [0.5, 0.6) is 5.75 Å². The van der Waals surface area contributed by atoms with E-state index in [1.165, 1.54) is 27.9 Å². The van der Waals surface area contributed by atoms with Gasteiger partial charge in [-0.2, -0.15) is 4.31 Å². The third-order valence-electron chi connectivity index (χ3n) is 3.77. The Morgan fingerprint density at radius 3 is 2.39 bits per heavy atom. The normalized spacial score (nSPS) is 16.0. The molecule has 0 atom stereocenters. The van der Waals surface area contributed by atoms with Crippen LogP contribution in [0.1, 0.15) is 9.67 Å². The number of hydrogen-bond acceptors (Lipinski definition) is 6. The summed E-state index contributed by atoms with van der Waals surface area (Å²) in [5.74, 6) is -1.11. The third kappa shape index (κ3) is 4.82. The number of rotatable bonds is 5. The summed E-state index contributed by atoms with van der Waals surface area (Å²) in [6, 6.07) is 5.89. The number of morpholine rings is 1. The molecule has 1 saturated heterocycles. The Labute approximate surface area is 162 Å². The summed E-state index contributed by atoms with van der Waals surface area (Å²) in [6.07, 6.45) is -4.81. The molecule has 0 aliphatic carbocycles. The van der Waals surface area contributed by atoms with Crippen molar-refractivity contribution in [2.24, 2.45) is 0 Å². The van der Waals surface area contributed by atoms with Crippen LogP contribution in [0.15, 0.2) is 40.6 Å². The standard InChI is InChI=1S/C16H15F3N2O5S2/c17-16(18,19)26-12-3-1-11(2-4-12)20-15(22)14-13(5-10-27-14)28(23,24)21-6-8-25-9-7-21/h1-5,10H,6-9H2,(H,20,22). The second-order valence-corrected chi connectivity index (χ2v) is 8.48. The number of nitrogens with one attached hydrogen (secondary N) is 1.